The number of hydrogen-bond donors (Lipinski definition) is 2. The number of aliphatic hydroxyl groups is 1. The molecule has 119 valence electrons. The average molecular weight is 405 g/mol. The second-order valence-corrected chi connectivity index (χ2v) is 6.87. The van der Waals surface area contributed by atoms with E-state index in [4.69, 9.17) is 39.3 Å². The quantitative estimate of drug-likeness (QED) is 0.463. The molecule has 2 N–H and O–H groups in total. The van der Waals surface area contributed by atoms with E-state index >= 15 is 0 Å². The van der Waals surface area contributed by atoms with Crippen molar-refractivity contribution in [3.8, 4) is 0 Å². The molecule has 0 aromatic heterocycles. The van der Waals surface area contributed by atoms with E-state index in [9.17, 15) is 9.46 Å². The molecule has 0 aromatic carbocycles. The van der Waals surface area contributed by atoms with Crippen molar-refractivity contribution >= 4 is 23.5 Å². The van der Waals surface area contributed by atoms with E-state index in [0.717, 1.165) is 0 Å². The Morgan fingerprint density at radius 3 is 2.36 bits per heavy atom. The van der Waals surface area contributed by atoms with Crippen molar-refractivity contribution in [2.24, 2.45) is 5.92 Å². The van der Waals surface area contributed by atoms with Gasteiger partial charge in [-0.25, -0.2) is 4.57 Å². The van der Waals surface area contributed by atoms with Crippen LogP contribution in [-0.4, -0.2) is 69.2 Å². The normalized spacial score (nSPS) is 41.0. The largest absolute Gasteiger partial charge is 0.472 e. The van der Waals surface area contributed by atoms with Gasteiger partial charge in [-0.05, 0) is 18.8 Å². The molecular formula is C11H19B2O7PY. The van der Waals surface area contributed by atoms with Crippen LogP contribution in [0, 0.1) is 5.92 Å². The number of rotatable bonds is 6. The van der Waals surface area contributed by atoms with E-state index in [1.54, 1.807) is 0 Å². The van der Waals surface area contributed by atoms with Crippen molar-refractivity contribution in [2.45, 2.75) is 50.1 Å². The van der Waals surface area contributed by atoms with Crippen LogP contribution in [0.3, 0.4) is 0 Å². The van der Waals surface area contributed by atoms with Crippen molar-refractivity contribution in [1.29, 1.82) is 0 Å². The third kappa shape index (κ3) is 5.94. The van der Waals surface area contributed by atoms with Gasteiger partial charge in [0.05, 0.1) is 25.4 Å². The van der Waals surface area contributed by atoms with Crippen LogP contribution in [0.1, 0.15) is 19.8 Å². The molecule has 7 nitrogen and oxygen atoms in total. The van der Waals surface area contributed by atoms with Crippen LogP contribution >= 0.6 is 7.82 Å². The van der Waals surface area contributed by atoms with Crippen molar-refractivity contribution in [3.63, 3.8) is 0 Å². The third-order valence-corrected chi connectivity index (χ3v) is 4.68. The first-order valence-corrected chi connectivity index (χ1v) is 8.39. The van der Waals surface area contributed by atoms with Gasteiger partial charge in [-0.15, -0.1) is 0 Å². The topological polar surface area (TPSA) is 94.5 Å². The van der Waals surface area contributed by atoms with Crippen LogP contribution in [-0.2, 0) is 55.8 Å². The maximum Gasteiger partial charge on any atom is 0.472 e. The second kappa shape index (κ2) is 9.07. The Morgan fingerprint density at radius 1 is 1.23 bits per heavy atom. The zero-order valence-electron chi connectivity index (χ0n) is 12.4. The number of hydrogen-bond acceptors (Lipinski definition) is 6. The molecule has 2 rings (SSSR count). The first kappa shape index (κ1) is 21.3. The minimum atomic E-state index is -4.28. The van der Waals surface area contributed by atoms with Crippen molar-refractivity contribution < 1.29 is 65.8 Å². The fourth-order valence-electron chi connectivity index (χ4n) is 2.53. The van der Waals surface area contributed by atoms with Crippen LogP contribution in [0.5, 0.6) is 0 Å². The van der Waals surface area contributed by atoms with Gasteiger partial charge < -0.3 is 19.5 Å². The summed E-state index contributed by atoms with van der Waals surface area (Å²) in [5.41, 5.74) is 0. The van der Waals surface area contributed by atoms with Crippen molar-refractivity contribution in [1.82, 2.24) is 0 Å². The SMILES string of the molecule is [B][C@H]1CC(C)[C@@H](COP(=O)(O)OC2C[C@H]([B])O[C@@H]2CO)O1.[Y]. The number of phosphoric ester groups is 1. The Balaban J connectivity index is 0.00000242. The summed E-state index contributed by atoms with van der Waals surface area (Å²) in [6.45, 7) is 1.48. The van der Waals surface area contributed by atoms with Crippen LogP contribution in [0.25, 0.3) is 0 Å². The van der Waals surface area contributed by atoms with Crippen molar-refractivity contribution in [3.05, 3.63) is 0 Å². The first-order chi connectivity index (χ1) is 9.80. The van der Waals surface area contributed by atoms with Gasteiger partial charge in [0.15, 0.2) is 0 Å². The molecule has 0 saturated carbocycles. The van der Waals surface area contributed by atoms with Crippen LogP contribution in [0.15, 0.2) is 0 Å². The summed E-state index contributed by atoms with van der Waals surface area (Å²) in [7, 11) is 6.91. The molecular weight excluding hydrogens is 386 g/mol. The monoisotopic (exact) mass is 405 g/mol. The van der Waals surface area contributed by atoms with Crippen molar-refractivity contribution in [2.75, 3.05) is 13.2 Å². The predicted octanol–water partition coefficient (Wildman–Crippen LogP) is -0.319. The van der Waals surface area contributed by atoms with Gasteiger partial charge in [-0.1, -0.05) is 6.92 Å². The Morgan fingerprint density at radius 2 is 1.82 bits per heavy atom. The Bertz CT molecular complexity index is 405. The summed E-state index contributed by atoms with van der Waals surface area (Å²) in [6, 6.07) is -1.02. The summed E-state index contributed by atoms with van der Waals surface area (Å²) < 4.78 is 32.4. The molecule has 2 aliphatic rings. The smallest absolute Gasteiger partial charge is 0.394 e. The molecule has 0 aromatic rings. The molecule has 2 aliphatic heterocycles. The van der Waals surface area contributed by atoms with E-state index in [0.29, 0.717) is 6.42 Å². The fraction of sp³-hybridized carbons (Fsp3) is 1.00. The Kier molecular flexibility index (Phi) is 8.77. The molecule has 2 heterocycles. The number of ether oxygens (including phenoxy) is 2. The van der Waals surface area contributed by atoms with E-state index in [2.05, 4.69) is 0 Å². The molecule has 3 unspecified atom stereocenters. The fourth-order valence-corrected chi connectivity index (χ4v) is 3.49. The Hall–Kier alpha value is 1.22. The molecule has 5 radical (unpaired) electrons. The number of phosphoric acid groups is 1. The van der Waals surface area contributed by atoms with Gasteiger partial charge >= 0.3 is 7.82 Å². The van der Waals surface area contributed by atoms with Gasteiger partial charge in [0.25, 0.3) is 0 Å². The maximum atomic E-state index is 11.9. The molecule has 0 bridgehead atoms. The molecule has 2 fully saturated rings. The molecule has 7 atom stereocenters. The van der Waals surface area contributed by atoms with E-state index in [-0.39, 0.29) is 70.4 Å². The van der Waals surface area contributed by atoms with Crippen LogP contribution in [0.2, 0.25) is 0 Å². The second-order valence-electron chi connectivity index (χ2n) is 5.47. The maximum absolute atomic E-state index is 11.9. The van der Waals surface area contributed by atoms with E-state index in [1.807, 2.05) is 6.92 Å². The van der Waals surface area contributed by atoms with Gasteiger partial charge in [-0.3, -0.25) is 9.05 Å². The predicted molar refractivity (Wildman–Crippen MR) is 75.0 cm³/mol. The third-order valence-electron chi connectivity index (χ3n) is 3.67. The van der Waals surface area contributed by atoms with Gasteiger partial charge in [0, 0.05) is 44.7 Å². The summed E-state index contributed by atoms with van der Waals surface area (Å²) in [5, 5.41) is 9.11. The molecule has 0 aliphatic carbocycles. The average Bonchev–Trinajstić information content (AvgIpc) is 2.88. The van der Waals surface area contributed by atoms with Crippen LogP contribution < -0.4 is 0 Å². The summed E-state index contributed by atoms with van der Waals surface area (Å²) >= 11 is 0. The minimum Gasteiger partial charge on any atom is -0.394 e. The minimum absolute atomic E-state index is 0. The zero-order chi connectivity index (χ0) is 15.6. The van der Waals surface area contributed by atoms with Gasteiger partial charge in [0.1, 0.15) is 21.8 Å². The van der Waals surface area contributed by atoms with Crippen LogP contribution in [0.4, 0.5) is 0 Å². The van der Waals surface area contributed by atoms with E-state index in [1.165, 1.54) is 0 Å². The van der Waals surface area contributed by atoms with Gasteiger partial charge in [0.2, 0.25) is 0 Å². The molecule has 2 saturated heterocycles. The standard InChI is InChI=1S/C11H19B2O7P.Y/c1-6-2-10(12)19-9(6)5-17-21(15,16)20-7-3-11(13)18-8(7)4-14;/h6-11,14H,2-5H2,1H3,(H,15,16);/t6?,7?,8-,9-,10-,11-;/m1./s1. The Labute approximate surface area is 158 Å². The molecule has 0 amide bonds. The molecule has 11 heteroatoms. The summed E-state index contributed by atoms with van der Waals surface area (Å²) in [5.74, 6) is 0.133. The molecule has 0 spiro atoms. The molecule has 22 heavy (non-hydrogen) atoms. The van der Waals surface area contributed by atoms with E-state index < -0.39 is 26.0 Å². The first-order valence-electron chi connectivity index (χ1n) is 6.89. The summed E-state index contributed by atoms with van der Waals surface area (Å²) in [4.78, 5) is 9.73. The summed E-state index contributed by atoms with van der Waals surface area (Å²) in [6.07, 6.45) is -0.993. The van der Waals surface area contributed by atoms with Gasteiger partial charge in [-0.2, -0.15) is 0 Å². The zero-order valence-corrected chi connectivity index (χ0v) is 16.1. The number of aliphatic hydroxyl groups excluding tert-OH is 1.